The van der Waals surface area contributed by atoms with E-state index < -0.39 is 6.04 Å². The average Bonchev–Trinajstić information content (AvgIpc) is 3.36. The Morgan fingerprint density at radius 2 is 1.97 bits per heavy atom. The van der Waals surface area contributed by atoms with Crippen molar-refractivity contribution < 1.29 is 18.7 Å². The summed E-state index contributed by atoms with van der Waals surface area (Å²) in [5.74, 6) is 0.902. The minimum absolute atomic E-state index is 0.282. The van der Waals surface area contributed by atoms with Gasteiger partial charge in [0.2, 0.25) is 5.91 Å². The second-order valence-corrected chi connectivity index (χ2v) is 6.78. The van der Waals surface area contributed by atoms with E-state index in [2.05, 4.69) is 10.4 Å². The molecule has 1 atom stereocenters. The summed E-state index contributed by atoms with van der Waals surface area (Å²) in [7, 11) is 3.12. The number of benzene rings is 1. The standard InChI is InChI=1S/C21H22N4O5/c1-4-14(20(26)22-11-13-5-6-17(28-2)19(9-13)29-3)25-21(27)16-10-18-15(7-8-30-18)24(16)12-23-25/h5-10,12,14H,4,11H2,1-3H3,(H,22,26). The van der Waals surface area contributed by atoms with E-state index in [1.165, 1.54) is 11.0 Å². The fraction of sp³-hybridized carbons (Fsp3) is 0.286. The van der Waals surface area contributed by atoms with Crippen molar-refractivity contribution in [1.82, 2.24) is 19.5 Å². The first-order chi connectivity index (χ1) is 14.6. The number of carbonyl (C=O) groups is 1. The number of rotatable bonds is 7. The smallest absolute Gasteiger partial charge is 0.291 e. The first kappa shape index (κ1) is 19.6. The van der Waals surface area contributed by atoms with Gasteiger partial charge in [-0.3, -0.25) is 14.0 Å². The number of ether oxygens (including phenoxy) is 2. The van der Waals surface area contributed by atoms with Gasteiger partial charge in [-0.05, 0) is 24.1 Å². The van der Waals surface area contributed by atoms with Gasteiger partial charge in [-0.2, -0.15) is 5.10 Å². The fourth-order valence-electron chi connectivity index (χ4n) is 3.50. The molecule has 0 bridgehead atoms. The highest BCUT2D eigenvalue weighted by atomic mass is 16.5. The molecule has 0 aliphatic carbocycles. The van der Waals surface area contributed by atoms with Crippen LogP contribution in [0.4, 0.5) is 0 Å². The summed E-state index contributed by atoms with van der Waals surface area (Å²) in [6, 6.07) is 8.11. The highest BCUT2D eigenvalue weighted by Crippen LogP contribution is 2.27. The SMILES string of the molecule is CCC(C(=O)NCc1ccc(OC)c(OC)c1)n1ncn2c(cc3occc32)c1=O. The predicted octanol–water partition coefficient (Wildman–Crippen LogP) is 2.53. The van der Waals surface area contributed by atoms with E-state index in [9.17, 15) is 9.59 Å². The second-order valence-electron chi connectivity index (χ2n) is 6.78. The normalized spacial score (nSPS) is 12.2. The monoisotopic (exact) mass is 410 g/mol. The van der Waals surface area contributed by atoms with Crippen molar-refractivity contribution in [2.45, 2.75) is 25.9 Å². The van der Waals surface area contributed by atoms with Crippen molar-refractivity contribution in [3.05, 3.63) is 58.8 Å². The number of fused-ring (bicyclic) bond motifs is 3. The van der Waals surface area contributed by atoms with Gasteiger partial charge in [-0.1, -0.05) is 13.0 Å². The third kappa shape index (κ3) is 3.28. The molecule has 1 aromatic carbocycles. The number of hydrogen-bond donors (Lipinski definition) is 1. The van der Waals surface area contributed by atoms with Crippen LogP contribution in [-0.2, 0) is 11.3 Å². The zero-order valence-corrected chi connectivity index (χ0v) is 16.9. The van der Waals surface area contributed by atoms with Gasteiger partial charge in [0, 0.05) is 18.7 Å². The summed E-state index contributed by atoms with van der Waals surface area (Å²) in [6.45, 7) is 2.12. The highest BCUT2D eigenvalue weighted by Gasteiger charge is 2.22. The van der Waals surface area contributed by atoms with Crippen LogP contribution in [0.1, 0.15) is 24.9 Å². The summed E-state index contributed by atoms with van der Waals surface area (Å²) in [5, 5.41) is 7.11. The molecule has 3 heterocycles. The summed E-state index contributed by atoms with van der Waals surface area (Å²) in [4.78, 5) is 25.8. The van der Waals surface area contributed by atoms with Gasteiger partial charge >= 0.3 is 0 Å². The van der Waals surface area contributed by atoms with Crippen molar-refractivity contribution in [2.75, 3.05) is 14.2 Å². The number of carbonyl (C=O) groups excluding carboxylic acids is 1. The predicted molar refractivity (Wildman–Crippen MR) is 110 cm³/mol. The lowest BCUT2D eigenvalue weighted by molar-refractivity contribution is -0.125. The van der Waals surface area contributed by atoms with Gasteiger partial charge in [0.15, 0.2) is 17.1 Å². The van der Waals surface area contributed by atoms with Gasteiger partial charge < -0.3 is 19.2 Å². The zero-order valence-electron chi connectivity index (χ0n) is 16.9. The fourth-order valence-corrected chi connectivity index (χ4v) is 3.50. The summed E-state index contributed by atoms with van der Waals surface area (Å²) < 4.78 is 18.8. The molecular formula is C21H22N4O5. The average molecular weight is 410 g/mol. The molecule has 1 amide bonds. The number of furan rings is 1. The van der Waals surface area contributed by atoms with Crippen LogP contribution in [0.5, 0.6) is 11.5 Å². The summed E-state index contributed by atoms with van der Waals surface area (Å²) in [5.41, 5.74) is 2.26. The van der Waals surface area contributed by atoms with Crippen LogP contribution >= 0.6 is 0 Å². The Balaban J connectivity index is 1.57. The van der Waals surface area contributed by atoms with E-state index in [1.54, 1.807) is 49.1 Å². The lowest BCUT2D eigenvalue weighted by Crippen LogP contribution is -2.38. The van der Waals surface area contributed by atoms with E-state index >= 15 is 0 Å². The number of amides is 1. The van der Waals surface area contributed by atoms with E-state index in [1.807, 2.05) is 13.0 Å². The third-order valence-electron chi connectivity index (χ3n) is 5.08. The van der Waals surface area contributed by atoms with Crippen molar-refractivity contribution in [3.63, 3.8) is 0 Å². The minimum Gasteiger partial charge on any atom is -0.493 e. The van der Waals surface area contributed by atoms with Crippen LogP contribution in [0.15, 0.2) is 52.1 Å². The van der Waals surface area contributed by atoms with E-state index in [0.29, 0.717) is 29.0 Å². The quantitative estimate of drug-likeness (QED) is 0.503. The van der Waals surface area contributed by atoms with Crippen LogP contribution in [0.3, 0.4) is 0 Å². The molecule has 0 saturated heterocycles. The van der Waals surface area contributed by atoms with E-state index in [0.717, 1.165) is 11.1 Å². The Kier molecular flexibility index (Phi) is 5.18. The van der Waals surface area contributed by atoms with Crippen molar-refractivity contribution in [3.8, 4) is 11.5 Å². The molecule has 30 heavy (non-hydrogen) atoms. The molecule has 0 radical (unpaired) electrons. The Labute approximate surface area is 171 Å². The first-order valence-electron chi connectivity index (χ1n) is 9.52. The van der Waals surface area contributed by atoms with Gasteiger partial charge in [-0.25, -0.2) is 4.68 Å². The Morgan fingerprint density at radius 3 is 2.70 bits per heavy atom. The summed E-state index contributed by atoms with van der Waals surface area (Å²) >= 11 is 0. The number of nitrogens with one attached hydrogen (secondary N) is 1. The molecule has 0 fully saturated rings. The molecule has 9 nitrogen and oxygen atoms in total. The third-order valence-corrected chi connectivity index (χ3v) is 5.08. The van der Waals surface area contributed by atoms with Crippen molar-refractivity contribution in [2.24, 2.45) is 0 Å². The van der Waals surface area contributed by atoms with Crippen molar-refractivity contribution in [1.29, 1.82) is 0 Å². The molecule has 0 saturated carbocycles. The number of methoxy groups -OCH3 is 2. The molecule has 9 heteroatoms. The Hall–Kier alpha value is -3.75. The molecule has 0 aliphatic heterocycles. The topological polar surface area (TPSA) is 100 Å². The van der Waals surface area contributed by atoms with Gasteiger partial charge in [0.25, 0.3) is 5.56 Å². The van der Waals surface area contributed by atoms with Gasteiger partial charge in [-0.15, -0.1) is 0 Å². The van der Waals surface area contributed by atoms with Crippen LogP contribution < -0.4 is 20.3 Å². The number of nitrogens with zero attached hydrogens (tertiary/aromatic N) is 3. The van der Waals surface area contributed by atoms with E-state index in [-0.39, 0.29) is 18.0 Å². The van der Waals surface area contributed by atoms with Crippen LogP contribution in [0.25, 0.3) is 16.6 Å². The molecule has 0 spiro atoms. The number of hydrogen-bond acceptors (Lipinski definition) is 6. The molecule has 1 unspecified atom stereocenters. The summed E-state index contributed by atoms with van der Waals surface area (Å²) in [6.07, 6.45) is 3.50. The maximum atomic E-state index is 13.0. The first-order valence-corrected chi connectivity index (χ1v) is 9.52. The van der Waals surface area contributed by atoms with Crippen molar-refractivity contribution >= 4 is 22.5 Å². The molecule has 3 aromatic heterocycles. The largest absolute Gasteiger partial charge is 0.493 e. The molecule has 156 valence electrons. The Bertz CT molecular complexity index is 1270. The van der Waals surface area contributed by atoms with Gasteiger partial charge in [0.1, 0.15) is 17.9 Å². The number of aromatic nitrogens is 3. The lowest BCUT2D eigenvalue weighted by Gasteiger charge is -2.17. The van der Waals surface area contributed by atoms with Crippen LogP contribution in [-0.4, -0.2) is 34.3 Å². The highest BCUT2D eigenvalue weighted by molar-refractivity contribution is 5.83. The van der Waals surface area contributed by atoms with Crippen LogP contribution in [0.2, 0.25) is 0 Å². The minimum atomic E-state index is -0.733. The van der Waals surface area contributed by atoms with Gasteiger partial charge in [0.05, 0.1) is 26.0 Å². The van der Waals surface area contributed by atoms with Crippen LogP contribution in [0, 0.1) is 0 Å². The molecule has 0 aliphatic rings. The van der Waals surface area contributed by atoms with E-state index in [4.69, 9.17) is 13.9 Å². The maximum absolute atomic E-state index is 13.0. The molecular weight excluding hydrogens is 388 g/mol. The molecule has 4 aromatic rings. The lowest BCUT2D eigenvalue weighted by atomic mass is 10.1. The zero-order chi connectivity index (χ0) is 21.3. The molecule has 1 N–H and O–H groups in total. The second kappa shape index (κ2) is 7.94. The molecule has 4 rings (SSSR count). The maximum Gasteiger partial charge on any atom is 0.291 e. The Morgan fingerprint density at radius 1 is 1.17 bits per heavy atom.